The summed E-state index contributed by atoms with van der Waals surface area (Å²) in [5.41, 5.74) is 4.09. The molecule has 0 bridgehead atoms. The van der Waals surface area contributed by atoms with E-state index in [1.165, 1.54) is 5.56 Å². The summed E-state index contributed by atoms with van der Waals surface area (Å²) >= 11 is 0. The standard InChI is InChI=1S/C18H17N5/c1-13(14-5-3-2-4-6-14)10-23-11-15(9-22-23)17-16-7-8-19-18(16)21-12-20-17/h2-9,11-13H,10H2,1H3,(H,19,20,21). The largest absolute Gasteiger partial charge is 0.346 e. The predicted octanol–water partition coefficient (Wildman–Crippen LogP) is 3.63. The summed E-state index contributed by atoms with van der Waals surface area (Å²) in [5.74, 6) is 0.404. The number of nitrogens with one attached hydrogen (secondary N) is 1. The van der Waals surface area contributed by atoms with Crippen molar-refractivity contribution in [3.63, 3.8) is 0 Å². The molecular weight excluding hydrogens is 286 g/mol. The minimum absolute atomic E-state index is 0.404. The Morgan fingerprint density at radius 3 is 2.87 bits per heavy atom. The van der Waals surface area contributed by atoms with E-state index in [0.29, 0.717) is 5.92 Å². The Morgan fingerprint density at radius 1 is 1.13 bits per heavy atom. The monoisotopic (exact) mass is 303 g/mol. The molecule has 1 atom stereocenters. The molecule has 1 unspecified atom stereocenters. The number of hydrogen-bond acceptors (Lipinski definition) is 3. The molecular formula is C18H17N5. The molecule has 1 N–H and O–H groups in total. The molecule has 0 aliphatic rings. The van der Waals surface area contributed by atoms with Gasteiger partial charge in [-0.05, 0) is 11.6 Å². The van der Waals surface area contributed by atoms with Crippen molar-refractivity contribution in [2.24, 2.45) is 0 Å². The zero-order chi connectivity index (χ0) is 15.6. The molecule has 0 aliphatic carbocycles. The lowest BCUT2D eigenvalue weighted by Crippen LogP contribution is -2.06. The van der Waals surface area contributed by atoms with Crippen LogP contribution in [0.4, 0.5) is 0 Å². The van der Waals surface area contributed by atoms with Crippen LogP contribution in [0, 0.1) is 0 Å². The number of rotatable bonds is 4. The van der Waals surface area contributed by atoms with Gasteiger partial charge in [-0.1, -0.05) is 37.3 Å². The number of aromatic nitrogens is 5. The molecule has 23 heavy (non-hydrogen) atoms. The fourth-order valence-corrected chi connectivity index (χ4v) is 2.86. The van der Waals surface area contributed by atoms with Gasteiger partial charge in [-0.2, -0.15) is 5.10 Å². The Balaban J connectivity index is 1.61. The molecule has 3 heterocycles. The molecule has 0 spiro atoms. The Bertz CT molecular complexity index is 923. The zero-order valence-corrected chi connectivity index (χ0v) is 12.8. The van der Waals surface area contributed by atoms with E-state index < -0.39 is 0 Å². The van der Waals surface area contributed by atoms with Gasteiger partial charge in [0, 0.05) is 35.8 Å². The van der Waals surface area contributed by atoms with Gasteiger partial charge in [0.2, 0.25) is 0 Å². The smallest absolute Gasteiger partial charge is 0.141 e. The number of aromatic amines is 1. The van der Waals surface area contributed by atoms with Crippen molar-refractivity contribution in [3.8, 4) is 11.3 Å². The summed E-state index contributed by atoms with van der Waals surface area (Å²) in [7, 11) is 0. The maximum atomic E-state index is 4.50. The lowest BCUT2D eigenvalue weighted by atomic mass is 10.0. The fraction of sp³-hybridized carbons (Fsp3) is 0.167. The van der Waals surface area contributed by atoms with E-state index in [1.807, 2.05) is 35.4 Å². The third-order valence-corrected chi connectivity index (χ3v) is 4.09. The first kappa shape index (κ1) is 13.7. The van der Waals surface area contributed by atoms with Crippen molar-refractivity contribution >= 4 is 11.0 Å². The van der Waals surface area contributed by atoms with Crippen LogP contribution >= 0.6 is 0 Å². The second-order valence-electron chi connectivity index (χ2n) is 5.73. The fourth-order valence-electron chi connectivity index (χ4n) is 2.86. The van der Waals surface area contributed by atoms with Gasteiger partial charge in [0.15, 0.2) is 0 Å². The topological polar surface area (TPSA) is 59.4 Å². The third-order valence-electron chi connectivity index (χ3n) is 4.09. The molecule has 0 saturated carbocycles. The molecule has 0 amide bonds. The molecule has 5 heteroatoms. The molecule has 4 rings (SSSR count). The van der Waals surface area contributed by atoms with Gasteiger partial charge in [0.05, 0.1) is 11.9 Å². The van der Waals surface area contributed by atoms with E-state index in [2.05, 4.69) is 51.2 Å². The van der Waals surface area contributed by atoms with Crippen LogP contribution in [-0.2, 0) is 6.54 Å². The first-order chi connectivity index (χ1) is 11.3. The molecule has 0 fully saturated rings. The van der Waals surface area contributed by atoms with Crippen molar-refractivity contribution in [1.82, 2.24) is 24.7 Å². The maximum Gasteiger partial charge on any atom is 0.141 e. The van der Waals surface area contributed by atoms with Crippen molar-refractivity contribution in [2.45, 2.75) is 19.4 Å². The first-order valence-corrected chi connectivity index (χ1v) is 7.67. The molecule has 3 aromatic heterocycles. The molecule has 0 aliphatic heterocycles. The van der Waals surface area contributed by atoms with Gasteiger partial charge < -0.3 is 4.98 Å². The highest BCUT2D eigenvalue weighted by atomic mass is 15.3. The molecule has 114 valence electrons. The lowest BCUT2D eigenvalue weighted by molar-refractivity contribution is 0.543. The van der Waals surface area contributed by atoms with Crippen molar-refractivity contribution in [3.05, 3.63) is 66.9 Å². The minimum atomic E-state index is 0.404. The normalized spacial score (nSPS) is 12.6. The van der Waals surface area contributed by atoms with E-state index in [1.54, 1.807) is 6.33 Å². The summed E-state index contributed by atoms with van der Waals surface area (Å²) in [4.78, 5) is 11.8. The first-order valence-electron chi connectivity index (χ1n) is 7.67. The Hall–Kier alpha value is -2.95. The number of fused-ring (bicyclic) bond motifs is 1. The van der Waals surface area contributed by atoms with Crippen LogP contribution in [0.1, 0.15) is 18.4 Å². The summed E-state index contributed by atoms with van der Waals surface area (Å²) in [6.07, 6.45) is 7.38. The second kappa shape index (κ2) is 5.68. The number of nitrogens with zero attached hydrogens (tertiary/aromatic N) is 4. The van der Waals surface area contributed by atoms with Crippen LogP contribution in [0.3, 0.4) is 0 Å². The van der Waals surface area contributed by atoms with Gasteiger partial charge in [0.25, 0.3) is 0 Å². The Kier molecular flexibility index (Phi) is 3.38. The van der Waals surface area contributed by atoms with E-state index in [0.717, 1.165) is 28.8 Å². The van der Waals surface area contributed by atoms with E-state index in [-0.39, 0.29) is 0 Å². The Labute approximate surface area is 134 Å². The number of benzene rings is 1. The quantitative estimate of drug-likeness (QED) is 0.626. The van der Waals surface area contributed by atoms with Gasteiger partial charge in [0.1, 0.15) is 12.0 Å². The molecule has 0 radical (unpaired) electrons. The van der Waals surface area contributed by atoms with E-state index in [4.69, 9.17) is 0 Å². The van der Waals surface area contributed by atoms with Crippen LogP contribution in [0.25, 0.3) is 22.3 Å². The lowest BCUT2D eigenvalue weighted by Gasteiger charge is -2.11. The van der Waals surface area contributed by atoms with Crippen molar-refractivity contribution in [2.75, 3.05) is 0 Å². The van der Waals surface area contributed by atoms with Crippen LogP contribution in [-0.4, -0.2) is 24.7 Å². The Morgan fingerprint density at radius 2 is 2.00 bits per heavy atom. The van der Waals surface area contributed by atoms with Gasteiger partial charge in [-0.3, -0.25) is 4.68 Å². The predicted molar refractivity (Wildman–Crippen MR) is 90.0 cm³/mol. The van der Waals surface area contributed by atoms with E-state index >= 15 is 0 Å². The average Bonchev–Trinajstić information content (AvgIpc) is 3.24. The van der Waals surface area contributed by atoms with Gasteiger partial charge in [-0.25, -0.2) is 9.97 Å². The highest BCUT2D eigenvalue weighted by Crippen LogP contribution is 2.25. The molecule has 5 nitrogen and oxygen atoms in total. The number of H-pyrrole nitrogens is 1. The maximum absolute atomic E-state index is 4.50. The zero-order valence-electron chi connectivity index (χ0n) is 12.8. The van der Waals surface area contributed by atoms with Gasteiger partial charge >= 0.3 is 0 Å². The van der Waals surface area contributed by atoms with Crippen molar-refractivity contribution in [1.29, 1.82) is 0 Å². The summed E-state index contributed by atoms with van der Waals surface area (Å²) < 4.78 is 1.98. The third kappa shape index (κ3) is 2.61. The SMILES string of the molecule is CC(Cn1cc(-c2ncnc3[nH]ccc23)cn1)c1ccccc1. The summed E-state index contributed by atoms with van der Waals surface area (Å²) in [5, 5.41) is 5.51. The van der Waals surface area contributed by atoms with Crippen LogP contribution in [0.15, 0.2) is 61.3 Å². The molecule has 1 aromatic carbocycles. The van der Waals surface area contributed by atoms with E-state index in [9.17, 15) is 0 Å². The van der Waals surface area contributed by atoms with Crippen molar-refractivity contribution < 1.29 is 0 Å². The summed E-state index contributed by atoms with van der Waals surface area (Å²) in [6.45, 7) is 3.05. The average molecular weight is 303 g/mol. The minimum Gasteiger partial charge on any atom is -0.346 e. The highest BCUT2D eigenvalue weighted by Gasteiger charge is 2.11. The van der Waals surface area contributed by atoms with Crippen LogP contribution < -0.4 is 0 Å². The highest BCUT2D eigenvalue weighted by molar-refractivity contribution is 5.89. The van der Waals surface area contributed by atoms with Gasteiger partial charge in [-0.15, -0.1) is 0 Å². The second-order valence-corrected chi connectivity index (χ2v) is 5.73. The molecule has 0 saturated heterocycles. The van der Waals surface area contributed by atoms with Crippen LogP contribution in [0.5, 0.6) is 0 Å². The number of hydrogen-bond donors (Lipinski definition) is 1. The summed E-state index contributed by atoms with van der Waals surface area (Å²) in [6, 6.07) is 12.5. The van der Waals surface area contributed by atoms with Crippen LogP contribution in [0.2, 0.25) is 0 Å². The molecule has 4 aromatic rings.